The third kappa shape index (κ3) is 3.89. The molecule has 2 aromatic carbocycles. The Bertz CT molecular complexity index is 921. The number of nitrogens with one attached hydrogen (secondary N) is 1. The number of aromatic nitrogens is 2. The number of rotatable bonds is 6. The minimum absolute atomic E-state index is 0.148. The number of nitrogens with zero attached hydrogens (tertiary/aromatic N) is 2. The number of ether oxygens (including phenoxy) is 1. The Morgan fingerprint density at radius 1 is 1.23 bits per heavy atom. The number of carbonyl (C=O) groups excluding carboxylic acids is 1. The Kier molecular flexibility index (Phi) is 5.58. The molecule has 3 rings (SSSR count). The van der Waals surface area contributed by atoms with Crippen LogP contribution >= 0.6 is 11.6 Å². The summed E-state index contributed by atoms with van der Waals surface area (Å²) in [4.78, 5) is 12.5. The van der Waals surface area contributed by atoms with Crippen LogP contribution in [0.25, 0.3) is 5.69 Å². The Morgan fingerprint density at radius 2 is 2.04 bits per heavy atom. The van der Waals surface area contributed by atoms with E-state index in [1.54, 1.807) is 24.1 Å². The smallest absolute Gasteiger partial charge is 0.254 e. The minimum atomic E-state index is -0.148. The molecule has 0 radical (unpaired) electrons. The van der Waals surface area contributed by atoms with Crippen molar-refractivity contribution >= 4 is 17.5 Å². The third-order valence-electron chi connectivity index (χ3n) is 4.18. The van der Waals surface area contributed by atoms with Gasteiger partial charge >= 0.3 is 0 Å². The molecule has 1 heterocycles. The van der Waals surface area contributed by atoms with Crippen LogP contribution in [0.3, 0.4) is 0 Å². The zero-order valence-electron chi connectivity index (χ0n) is 14.7. The first-order valence-electron chi connectivity index (χ1n) is 8.31. The molecule has 0 bridgehead atoms. The summed E-state index contributed by atoms with van der Waals surface area (Å²) in [6, 6.07) is 15.2. The van der Waals surface area contributed by atoms with Crippen LogP contribution in [-0.4, -0.2) is 29.3 Å². The summed E-state index contributed by atoms with van der Waals surface area (Å²) in [7, 11) is 1.64. The fourth-order valence-electron chi connectivity index (χ4n) is 2.82. The maximum Gasteiger partial charge on any atom is 0.254 e. The van der Waals surface area contributed by atoms with Gasteiger partial charge in [0.1, 0.15) is 5.75 Å². The lowest BCUT2D eigenvalue weighted by molar-refractivity contribution is 0.0953. The van der Waals surface area contributed by atoms with Gasteiger partial charge in [0, 0.05) is 11.6 Å². The van der Waals surface area contributed by atoms with Gasteiger partial charge in [-0.25, -0.2) is 4.68 Å². The molecule has 0 aliphatic carbocycles. The highest BCUT2D eigenvalue weighted by molar-refractivity contribution is 6.30. The van der Waals surface area contributed by atoms with Crippen molar-refractivity contribution < 1.29 is 9.53 Å². The molecule has 1 aromatic heterocycles. The molecule has 6 heteroatoms. The van der Waals surface area contributed by atoms with Crippen molar-refractivity contribution in [3.05, 3.63) is 76.6 Å². The standard InChI is InChI=1S/C20H20ClN3O2/c1-14-18(13-23-24(14)17-8-5-7-16(21)12-17)20(25)22-11-10-15-6-3-4-9-19(15)26-2/h3-9,12-13H,10-11H2,1-2H3,(H,22,25). The van der Waals surface area contributed by atoms with E-state index in [2.05, 4.69) is 10.4 Å². The van der Waals surface area contributed by atoms with E-state index in [9.17, 15) is 4.79 Å². The van der Waals surface area contributed by atoms with Gasteiger partial charge in [-0.3, -0.25) is 4.79 Å². The summed E-state index contributed by atoms with van der Waals surface area (Å²) in [5.74, 6) is 0.678. The Hall–Kier alpha value is -2.79. The van der Waals surface area contributed by atoms with E-state index in [0.717, 1.165) is 22.7 Å². The average molecular weight is 370 g/mol. The third-order valence-corrected chi connectivity index (χ3v) is 4.41. The molecule has 0 fully saturated rings. The molecule has 0 saturated heterocycles. The lowest BCUT2D eigenvalue weighted by atomic mass is 10.1. The number of hydrogen-bond donors (Lipinski definition) is 1. The lowest BCUT2D eigenvalue weighted by Crippen LogP contribution is -2.26. The van der Waals surface area contributed by atoms with Crippen LogP contribution in [0, 0.1) is 6.92 Å². The van der Waals surface area contributed by atoms with E-state index in [4.69, 9.17) is 16.3 Å². The van der Waals surface area contributed by atoms with E-state index in [-0.39, 0.29) is 5.91 Å². The van der Waals surface area contributed by atoms with Crippen LogP contribution in [0.5, 0.6) is 5.75 Å². The van der Waals surface area contributed by atoms with E-state index >= 15 is 0 Å². The van der Waals surface area contributed by atoms with Crippen molar-refractivity contribution in [3.63, 3.8) is 0 Å². The molecule has 0 spiro atoms. The Balaban J connectivity index is 1.67. The summed E-state index contributed by atoms with van der Waals surface area (Å²) >= 11 is 6.04. The molecule has 0 unspecified atom stereocenters. The number of para-hydroxylation sites is 1. The van der Waals surface area contributed by atoms with E-state index in [1.165, 1.54) is 0 Å². The first kappa shape index (κ1) is 18.0. The monoisotopic (exact) mass is 369 g/mol. The molecule has 0 atom stereocenters. The predicted octanol–water partition coefficient (Wildman–Crippen LogP) is 3.82. The molecule has 0 aliphatic rings. The zero-order chi connectivity index (χ0) is 18.5. The molecule has 26 heavy (non-hydrogen) atoms. The van der Waals surface area contributed by atoms with Crippen LogP contribution in [0.4, 0.5) is 0 Å². The van der Waals surface area contributed by atoms with Crippen molar-refractivity contribution in [3.8, 4) is 11.4 Å². The summed E-state index contributed by atoms with van der Waals surface area (Å²) in [5, 5.41) is 7.89. The number of carbonyl (C=O) groups is 1. The highest BCUT2D eigenvalue weighted by Crippen LogP contribution is 2.19. The SMILES string of the molecule is COc1ccccc1CCNC(=O)c1cnn(-c2cccc(Cl)c2)c1C. The van der Waals surface area contributed by atoms with Crippen molar-refractivity contribution in [2.24, 2.45) is 0 Å². The largest absolute Gasteiger partial charge is 0.496 e. The molecule has 1 N–H and O–H groups in total. The summed E-state index contributed by atoms with van der Waals surface area (Å²) in [6.07, 6.45) is 2.27. The molecule has 0 saturated carbocycles. The molecule has 5 nitrogen and oxygen atoms in total. The molecule has 1 amide bonds. The van der Waals surface area contributed by atoms with Gasteiger partial charge in [-0.1, -0.05) is 35.9 Å². The van der Waals surface area contributed by atoms with Crippen molar-refractivity contribution in [1.29, 1.82) is 0 Å². The summed E-state index contributed by atoms with van der Waals surface area (Å²) in [5.41, 5.74) is 3.19. The fourth-order valence-corrected chi connectivity index (χ4v) is 3.00. The van der Waals surface area contributed by atoms with Gasteiger partial charge in [-0.05, 0) is 43.2 Å². The van der Waals surface area contributed by atoms with E-state index in [0.29, 0.717) is 23.6 Å². The lowest BCUT2D eigenvalue weighted by Gasteiger charge is -2.09. The average Bonchev–Trinajstić information content (AvgIpc) is 3.03. The maximum atomic E-state index is 12.5. The van der Waals surface area contributed by atoms with E-state index in [1.807, 2.05) is 49.4 Å². The molecule has 0 aliphatic heterocycles. The van der Waals surface area contributed by atoms with Gasteiger partial charge in [0.2, 0.25) is 0 Å². The first-order chi connectivity index (χ1) is 12.6. The second-order valence-corrected chi connectivity index (χ2v) is 6.29. The van der Waals surface area contributed by atoms with Gasteiger partial charge in [0.15, 0.2) is 0 Å². The number of amides is 1. The van der Waals surface area contributed by atoms with Crippen molar-refractivity contribution in [2.75, 3.05) is 13.7 Å². The van der Waals surface area contributed by atoms with Crippen LogP contribution < -0.4 is 10.1 Å². The summed E-state index contributed by atoms with van der Waals surface area (Å²) in [6.45, 7) is 2.38. The fraction of sp³-hybridized carbons (Fsp3) is 0.200. The molecular weight excluding hydrogens is 350 g/mol. The molecule has 3 aromatic rings. The van der Waals surface area contributed by atoms with Gasteiger partial charge in [-0.2, -0.15) is 5.10 Å². The number of methoxy groups -OCH3 is 1. The van der Waals surface area contributed by atoms with Crippen LogP contribution in [0.15, 0.2) is 54.7 Å². The quantitative estimate of drug-likeness (QED) is 0.718. The van der Waals surface area contributed by atoms with Gasteiger partial charge in [0.25, 0.3) is 5.91 Å². The van der Waals surface area contributed by atoms with E-state index < -0.39 is 0 Å². The van der Waals surface area contributed by atoms with Gasteiger partial charge < -0.3 is 10.1 Å². The van der Waals surface area contributed by atoms with Crippen LogP contribution in [0.1, 0.15) is 21.6 Å². The maximum absolute atomic E-state index is 12.5. The second kappa shape index (κ2) is 8.06. The van der Waals surface area contributed by atoms with Gasteiger partial charge in [-0.15, -0.1) is 0 Å². The zero-order valence-corrected chi connectivity index (χ0v) is 15.5. The molecular formula is C20H20ClN3O2. The number of benzene rings is 2. The summed E-state index contributed by atoms with van der Waals surface area (Å²) < 4.78 is 7.04. The first-order valence-corrected chi connectivity index (χ1v) is 8.68. The highest BCUT2D eigenvalue weighted by atomic mass is 35.5. The normalized spacial score (nSPS) is 10.6. The highest BCUT2D eigenvalue weighted by Gasteiger charge is 2.15. The number of halogens is 1. The topological polar surface area (TPSA) is 56.1 Å². The minimum Gasteiger partial charge on any atom is -0.496 e. The Morgan fingerprint density at radius 3 is 2.81 bits per heavy atom. The Labute approximate surface area is 157 Å². The van der Waals surface area contributed by atoms with Crippen molar-refractivity contribution in [1.82, 2.24) is 15.1 Å². The van der Waals surface area contributed by atoms with Crippen molar-refractivity contribution in [2.45, 2.75) is 13.3 Å². The second-order valence-electron chi connectivity index (χ2n) is 5.85. The van der Waals surface area contributed by atoms with Gasteiger partial charge in [0.05, 0.1) is 30.3 Å². The number of hydrogen-bond acceptors (Lipinski definition) is 3. The van der Waals surface area contributed by atoms with Crippen LogP contribution in [-0.2, 0) is 6.42 Å². The predicted molar refractivity (Wildman–Crippen MR) is 102 cm³/mol. The van der Waals surface area contributed by atoms with Crippen LogP contribution in [0.2, 0.25) is 5.02 Å². The molecule has 134 valence electrons.